The van der Waals surface area contributed by atoms with Gasteiger partial charge in [-0.25, -0.2) is 0 Å². The second-order valence-corrected chi connectivity index (χ2v) is 0. The molecule has 0 rings (SSSR count). The van der Waals surface area contributed by atoms with Crippen LogP contribution in [0.25, 0.3) is 36.9 Å². The molecule has 10 heavy (non-hydrogen) atoms. The van der Waals surface area contributed by atoms with E-state index in [1.165, 1.54) is 0 Å². The molecule has 0 spiro atoms. The van der Waals surface area contributed by atoms with Crippen LogP contribution >= 0.6 is 0 Å². The zero-order valence-corrected chi connectivity index (χ0v) is 12.4. The zero-order chi connectivity index (χ0) is 0. The van der Waals surface area contributed by atoms with Crippen LogP contribution in [0.2, 0.25) is 0 Å². The van der Waals surface area contributed by atoms with Crippen LogP contribution in [0.1, 0.15) is 0 Å². The van der Waals surface area contributed by atoms with Crippen molar-refractivity contribution < 1.29 is 88.7 Å². The van der Waals surface area contributed by atoms with Crippen LogP contribution in [0.3, 0.4) is 0 Å². The van der Waals surface area contributed by atoms with Gasteiger partial charge in [0.1, 0.15) is 0 Å². The van der Waals surface area contributed by atoms with Crippen molar-refractivity contribution in [2.45, 2.75) is 0 Å². The van der Waals surface area contributed by atoms with E-state index in [2.05, 4.69) is 0 Å². The van der Waals surface area contributed by atoms with E-state index in [9.17, 15) is 0 Å². The summed E-state index contributed by atoms with van der Waals surface area (Å²) in [6.45, 7) is 0. The first kappa shape index (κ1) is 271. The Bertz CT molecular complexity index is 13.0. The molecule has 0 aromatic rings. The molecule has 6 nitrogen and oxygen atoms in total. The van der Waals surface area contributed by atoms with Crippen molar-refractivity contribution in [3.05, 3.63) is 36.9 Å². The summed E-state index contributed by atoms with van der Waals surface area (Å²) >= 11 is 0. The third kappa shape index (κ3) is 155. The number of nitrogens with two attached hydrogens (primary N) is 6. The van der Waals surface area contributed by atoms with Crippen molar-refractivity contribution in [3.8, 4) is 0 Å². The number of hydrogen-bond donors (Lipinski definition) is 0. The fourth-order valence-electron chi connectivity index (χ4n) is 0. The number of halogens is 3. The summed E-state index contributed by atoms with van der Waals surface area (Å²) in [6.07, 6.45) is 0. The summed E-state index contributed by atoms with van der Waals surface area (Å²) < 4.78 is 0. The molecule has 0 aliphatic carbocycles. The smallest absolute Gasteiger partial charge is 1.00 e. The number of hydrogen-bond acceptors (Lipinski definition) is 0. The molecule has 0 heterocycles. The van der Waals surface area contributed by atoms with Crippen LogP contribution in [-0.2, 0) is 16.8 Å². The van der Waals surface area contributed by atoms with Gasteiger partial charge < -0.3 is 109 Å². The predicted molar refractivity (Wildman–Crippen MR) is 31.7 cm³/mol. The van der Waals surface area contributed by atoms with Gasteiger partial charge in [-0.05, 0) is 0 Å². The van der Waals surface area contributed by atoms with Crippen molar-refractivity contribution in [1.29, 1.82) is 0 Å². The van der Waals surface area contributed by atoms with Crippen molar-refractivity contribution in [3.63, 3.8) is 0 Å². The van der Waals surface area contributed by atoms with E-state index in [0.717, 1.165) is 0 Å². The predicted octanol–water partition coefficient (Wildman–Crippen LogP) is -4.69. The molecule has 0 aromatic heterocycles. The van der Waals surface area contributed by atoms with Gasteiger partial charge in [-0.1, -0.05) is 0 Å². The first-order valence-corrected chi connectivity index (χ1v) is 0. The van der Waals surface area contributed by atoms with Gasteiger partial charge in [-0.2, -0.15) is 0 Å². The van der Waals surface area contributed by atoms with E-state index in [0.29, 0.717) is 0 Å². The van der Waals surface area contributed by atoms with Crippen LogP contribution in [0, 0.1) is 0 Å². The monoisotopic (exact) mass is 536 g/mol. The van der Waals surface area contributed by atoms with Gasteiger partial charge in [-0.15, -0.1) is 0 Å². The molecule has 0 atom stereocenters. The Morgan fingerprint density at radius 1 is 0.300 bits per heavy atom. The molecule has 0 radical (unpaired) electrons. The van der Waals surface area contributed by atoms with Gasteiger partial charge in [0.15, 0.2) is 0 Å². The Balaban J connectivity index is 0. The molecule has 0 aliphatic rings. The van der Waals surface area contributed by atoms with Gasteiger partial charge in [-0.3, -0.25) is 0 Å². The minimum Gasteiger partial charge on any atom is -1.00 e. The van der Waals surface area contributed by atoms with E-state index in [4.69, 9.17) is 0 Å². The van der Waals surface area contributed by atoms with E-state index < -0.39 is 0 Å². The Morgan fingerprint density at radius 3 is 0.300 bits per heavy atom. The SMILES string of the molecule is [Co+3].[I-].[I-].[I-].[NH2-].[NH2-].[NH2-].[NH2-].[NH2-].[NH2-]. The summed E-state index contributed by atoms with van der Waals surface area (Å²) in [7, 11) is 0. The topological polar surface area (TPSA) is 201 Å². The minimum atomic E-state index is 0. The van der Waals surface area contributed by atoms with Gasteiger partial charge in [0.05, 0.1) is 0 Å². The third-order valence-corrected chi connectivity index (χ3v) is 0. The van der Waals surface area contributed by atoms with Gasteiger partial charge in [0, 0.05) is 0 Å². The van der Waals surface area contributed by atoms with E-state index in [1.54, 1.807) is 0 Å². The Morgan fingerprint density at radius 2 is 0.300 bits per heavy atom. The summed E-state index contributed by atoms with van der Waals surface area (Å²) in [4.78, 5) is 0. The number of rotatable bonds is 0. The summed E-state index contributed by atoms with van der Waals surface area (Å²) in [6, 6.07) is 0. The van der Waals surface area contributed by atoms with Gasteiger partial charge in [0.25, 0.3) is 0 Å². The molecular formula is H12CoI3N6-6. The summed E-state index contributed by atoms with van der Waals surface area (Å²) in [5.41, 5.74) is 0. The molecule has 78 valence electrons. The van der Waals surface area contributed by atoms with Crippen LogP contribution < -0.4 is 71.9 Å². The van der Waals surface area contributed by atoms with Crippen LogP contribution in [0.15, 0.2) is 0 Å². The molecule has 0 saturated carbocycles. The van der Waals surface area contributed by atoms with E-state index in [-0.39, 0.29) is 126 Å². The quantitative estimate of drug-likeness (QED) is 0.269. The van der Waals surface area contributed by atoms with Crippen LogP contribution in [0.4, 0.5) is 0 Å². The average molecular weight is 536 g/mol. The maximum absolute atomic E-state index is 0. The Labute approximate surface area is 124 Å². The molecule has 0 unspecified atom stereocenters. The maximum atomic E-state index is 0. The largest absolute Gasteiger partial charge is 3.00 e. The standard InChI is InChI=1S/Co.3HI.6H2N/h;3*1H;6*1H2/q+3;;;;6*-1/p-3. The van der Waals surface area contributed by atoms with Crippen LogP contribution in [-0.4, -0.2) is 0 Å². The third-order valence-electron chi connectivity index (χ3n) is 0. The molecule has 0 saturated heterocycles. The molecular weight excluding hydrogens is 524 g/mol. The van der Waals surface area contributed by atoms with Crippen LogP contribution in [0.5, 0.6) is 0 Å². The van der Waals surface area contributed by atoms with E-state index >= 15 is 0 Å². The van der Waals surface area contributed by atoms with Crippen molar-refractivity contribution in [2.24, 2.45) is 0 Å². The Hall–Kier alpha value is 2.46. The maximum Gasteiger partial charge on any atom is 3.00 e. The first-order chi connectivity index (χ1) is 0. The van der Waals surface area contributed by atoms with Gasteiger partial charge >= 0.3 is 16.8 Å². The molecule has 0 fully saturated rings. The molecule has 0 aliphatic heterocycles. The molecule has 0 amide bonds. The summed E-state index contributed by atoms with van der Waals surface area (Å²) in [5.74, 6) is 0. The molecule has 0 aromatic carbocycles. The minimum absolute atomic E-state index is 0. The Kier molecular flexibility index (Phi) is 5620. The zero-order valence-electron chi connectivity index (χ0n) is 4.93. The molecule has 12 N–H and O–H groups in total. The molecule has 10 heteroatoms. The van der Waals surface area contributed by atoms with Crippen molar-refractivity contribution in [1.82, 2.24) is 0 Å². The van der Waals surface area contributed by atoms with Crippen molar-refractivity contribution >= 4 is 0 Å². The second kappa shape index (κ2) is 208. The fourth-order valence-corrected chi connectivity index (χ4v) is 0. The fraction of sp³-hybridized carbons (Fsp3) is 0. The first-order valence-electron chi connectivity index (χ1n) is 0. The summed E-state index contributed by atoms with van der Waals surface area (Å²) in [5, 5.41) is 0. The normalized spacial score (nSPS) is 0. The van der Waals surface area contributed by atoms with E-state index in [1.807, 2.05) is 0 Å². The molecule has 0 bridgehead atoms. The van der Waals surface area contributed by atoms with Gasteiger partial charge in [0.2, 0.25) is 0 Å². The second-order valence-electron chi connectivity index (χ2n) is 0. The van der Waals surface area contributed by atoms with Crippen molar-refractivity contribution in [2.75, 3.05) is 0 Å². The average Bonchev–Trinajstić information content (AvgIpc) is 0.